The van der Waals surface area contributed by atoms with Crippen molar-refractivity contribution >= 4 is 0 Å². The van der Waals surface area contributed by atoms with Gasteiger partial charge in [-0.3, -0.25) is 0 Å². The zero-order chi connectivity index (χ0) is 10.1. The summed E-state index contributed by atoms with van der Waals surface area (Å²) in [7, 11) is 1.60. The molecule has 0 aromatic heterocycles. The van der Waals surface area contributed by atoms with Crippen LogP contribution in [0.5, 0.6) is 11.5 Å². The van der Waals surface area contributed by atoms with Crippen molar-refractivity contribution in [3.05, 3.63) is 23.3 Å². The average molecular weight is 194 g/mol. The molecule has 3 heteroatoms. The maximum atomic E-state index is 9.47. The Kier molecular flexibility index (Phi) is 2.33. The number of hydrogen-bond donors (Lipinski definition) is 1. The lowest BCUT2D eigenvalue weighted by atomic mass is 9.98. The first-order valence-electron chi connectivity index (χ1n) is 4.71. The standard InChI is InChI=1S/C11H14O3/c1-7-3-8-4-9(12)5-11(13-2)10(8)6-14-7/h4-5,7,12H,3,6H2,1-2H3. The van der Waals surface area contributed by atoms with Crippen LogP contribution in [-0.2, 0) is 17.8 Å². The van der Waals surface area contributed by atoms with Gasteiger partial charge < -0.3 is 14.6 Å². The predicted molar refractivity (Wildman–Crippen MR) is 52.6 cm³/mol. The van der Waals surface area contributed by atoms with Crippen LogP contribution in [0.25, 0.3) is 0 Å². The van der Waals surface area contributed by atoms with Crippen molar-refractivity contribution in [1.29, 1.82) is 0 Å². The molecule has 1 aliphatic rings. The van der Waals surface area contributed by atoms with Crippen molar-refractivity contribution in [2.45, 2.75) is 26.1 Å². The lowest BCUT2D eigenvalue weighted by Crippen LogP contribution is -2.19. The Bertz CT molecular complexity index is 347. The molecule has 3 nitrogen and oxygen atoms in total. The molecule has 0 spiro atoms. The van der Waals surface area contributed by atoms with Crippen LogP contribution in [0.2, 0.25) is 0 Å². The minimum absolute atomic E-state index is 0.217. The van der Waals surface area contributed by atoms with E-state index in [9.17, 15) is 5.11 Å². The third-order valence-corrected chi connectivity index (χ3v) is 2.53. The van der Waals surface area contributed by atoms with E-state index in [1.807, 2.05) is 6.92 Å². The first-order valence-corrected chi connectivity index (χ1v) is 4.71. The summed E-state index contributed by atoms with van der Waals surface area (Å²) in [6.07, 6.45) is 1.05. The second-order valence-electron chi connectivity index (χ2n) is 3.61. The van der Waals surface area contributed by atoms with Crippen LogP contribution >= 0.6 is 0 Å². The van der Waals surface area contributed by atoms with E-state index >= 15 is 0 Å². The van der Waals surface area contributed by atoms with Gasteiger partial charge in [-0.1, -0.05) is 0 Å². The molecule has 1 N–H and O–H groups in total. The quantitative estimate of drug-likeness (QED) is 0.741. The lowest BCUT2D eigenvalue weighted by molar-refractivity contribution is 0.0395. The molecule has 1 atom stereocenters. The van der Waals surface area contributed by atoms with Gasteiger partial charge in [0.1, 0.15) is 11.5 Å². The smallest absolute Gasteiger partial charge is 0.128 e. The van der Waals surface area contributed by atoms with Crippen LogP contribution in [0.3, 0.4) is 0 Å². The van der Waals surface area contributed by atoms with Crippen LogP contribution < -0.4 is 4.74 Å². The molecule has 1 aromatic rings. The van der Waals surface area contributed by atoms with Gasteiger partial charge in [0.2, 0.25) is 0 Å². The predicted octanol–water partition coefficient (Wildman–Crippen LogP) is 1.86. The molecular formula is C11H14O3. The Morgan fingerprint density at radius 3 is 3.00 bits per heavy atom. The van der Waals surface area contributed by atoms with Crippen LogP contribution in [0.1, 0.15) is 18.1 Å². The topological polar surface area (TPSA) is 38.7 Å². The Balaban J connectivity index is 2.46. The number of ether oxygens (including phenoxy) is 2. The Hall–Kier alpha value is -1.22. The third-order valence-electron chi connectivity index (χ3n) is 2.53. The van der Waals surface area contributed by atoms with Crippen LogP contribution in [-0.4, -0.2) is 18.3 Å². The zero-order valence-electron chi connectivity index (χ0n) is 8.41. The molecule has 0 saturated carbocycles. The number of aromatic hydroxyl groups is 1. The SMILES string of the molecule is COc1cc(O)cc2c1COC(C)C2. The molecular weight excluding hydrogens is 180 g/mol. The van der Waals surface area contributed by atoms with Crippen LogP contribution in [0.4, 0.5) is 0 Å². The molecule has 14 heavy (non-hydrogen) atoms. The van der Waals surface area contributed by atoms with Gasteiger partial charge in [-0.15, -0.1) is 0 Å². The highest BCUT2D eigenvalue weighted by Crippen LogP contribution is 2.32. The van der Waals surface area contributed by atoms with Gasteiger partial charge in [-0.05, 0) is 25.0 Å². The number of fused-ring (bicyclic) bond motifs is 1. The summed E-state index contributed by atoms with van der Waals surface area (Å²) in [5.41, 5.74) is 2.18. The fourth-order valence-corrected chi connectivity index (χ4v) is 1.81. The molecule has 1 heterocycles. The molecule has 0 amide bonds. The molecule has 1 unspecified atom stereocenters. The van der Waals surface area contributed by atoms with Crippen LogP contribution in [0, 0.1) is 0 Å². The summed E-state index contributed by atoms with van der Waals surface area (Å²) in [4.78, 5) is 0. The van der Waals surface area contributed by atoms with Gasteiger partial charge in [0, 0.05) is 11.6 Å². The van der Waals surface area contributed by atoms with E-state index in [1.165, 1.54) is 0 Å². The minimum atomic E-state index is 0.217. The van der Waals surface area contributed by atoms with E-state index in [2.05, 4.69) is 0 Å². The highest BCUT2D eigenvalue weighted by molar-refractivity contribution is 5.46. The number of phenols is 1. The summed E-state index contributed by atoms with van der Waals surface area (Å²) in [5.74, 6) is 0.974. The summed E-state index contributed by atoms with van der Waals surface area (Å²) in [6.45, 7) is 2.60. The van der Waals surface area contributed by atoms with Gasteiger partial charge in [0.25, 0.3) is 0 Å². The minimum Gasteiger partial charge on any atom is -0.508 e. The van der Waals surface area contributed by atoms with E-state index in [1.54, 1.807) is 19.2 Å². The van der Waals surface area contributed by atoms with E-state index in [4.69, 9.17) is 9.47 Å². The lowest BCUT2D eigenvalue weighted by Gasteiger charge is -2.24. The molecule has 0 bridgehead atoms. The Morgan fingerprint density at radius 2 is 2.29 bits per heavy atom. The average Bonchev–Trinajstić information content (AvgIpc) is 2.15. The fourth-order valence-electron chi connectivity index (χ4n) is 1.81. The van der Waals surface area contributed by atoms with Crippen molar-refractivity contribution in [2.75, 3.05) is 7.11 Å². The van der Waals surface area contributed by atoms with E-state index in [-0.39, 0.29) is 11.9 Å². The van der Waals surface area contributed by atoms with E-state index < -0.39 is 0 Å². The van der Waals surface area contributed by atoms with Gasteiger partial charge in [0.05, 0.1) is 19.8 Å². The van der Waals surface area contributed by atoms with Gasteiger partial charge in [-0.25, -0.2) is 0 Å². The Morgan fingerprint density at radius 1 is 1.50 bits per heavy atom. The normalized spacial score (nSPS) is 20.3. The largest absolute Gasteiger partial charge is 0.508 e. The van der Waals surface area contributed by atoms with Crippen molar-refractivity contribution in [2.24, 2.45) is 0 Å². The van der Waals surface area contributed by atoms with Crippen molar-refractivity contribution in [3.8, 4) is 11.5 Å². The summed E-state index contributed by atoms with van der Waals surface area (Å²) in [6, 6.07) is 3.41. The van der Waals surface area contributed by atoms with Gasteiger partial charge in [-0.2, -0.15) is 0 Å². The highest BCUT2D eigenvalue weighted by Gasteiger charge is 2.19. The first-order chi connectivity index (χ1) is 6.70. The monoisotopic (exact) mass is 194 g/mol. The molecule has 2 rings (SSSR count). The third kappa shape index (κ3) is 1.55. The molecule has 1 aliphatic heterocycles. The molecule has 0 radical (unpaired) electrons. The first kappa shape index (κ1) is 9.34. The number of benzene rings is 1. The number of hydrogen-bond acceptors (Lipinski definition) is 3. The molecule has 1 aromatic carbocycles. The van der Waals surface area contributed by atoms with E-state index in [0.717, 1.165) is 17.5 Å². The maximum Gasteiger partial charge on any atom is 0.128 e. The summed E-state index contributed by atoms with van der Waals surface area (Å²) >= 11 is 0. The molecule has 0 fully saturated rings. The number of methoxy groups -OCH3 is 1. The molecule has 0 saturated heterocycles. The fraction of sp³-hybridized carbons (Fsp3) is 0.455. The number of rotatable bonds is 1. The summed E-state index contributed by atoms with van der Waals surface area (Å²) < 4.78 is 10.7. The summed E-state index contributed by atoms with van der Waals surface area (Å²) in [5, 5.41) is 9.47. The van der Waals surface area contributed by atoms with Crippen molar-refractivity contribution in [1.82, 2.24) is 0 Å². The van der Waals surface area contributed by atoms with Crippen molar-refractivity contribution < 1.29 is 14.6 Å². The molecule has 76 valence electrons. The van der Waals surface area contributed by atoms with Crippen LogP contribution in [0.15, 0.2) is 12.1 Å². The second-order valence-corrected chi connectivity index (χ2v) is 3.61. The number of phenolic OH excluding ortho intramolecular Hbond substituents is 1. The molecule has 0 aliphatic carbocycles. The van der Waals surface area contributed by atoms with E-state index in [0.29, 0.717) is 12.4 Å². The highest BCUT2D eigenvalue weighted by atomic mass is 16.5. The maximum absolute atomic E-state index is 9.47. The van der Waals surface area contributed by atoms with Crippen molar-refractivity contribution in [3.63, 3.8) is 0 Å². The van der Waals surface area contributed by atoms with Gasteiger partial charge in [0.15, 0.2) is 0 Å². The zero-order valence-corrected chi connectivity index (χ0v) is 8.41. The Labute approximate surface area is 83.3 Å². The second kappa shape index (κ2) is 3.50. The van der Waals surface area contributed by atoms with Gasteiger partial charge >= 0.3 is 0 Å².